The first-order valence-corrected chi connectivity index (χ1v) is 9.67. The minimum Gasteiger partial charge on any atom is -0.455 e. The number of nitrogens with zero attached hydrogens (tertiary/aromatic N) is 3. The van der Waals surface area contributed by atoms with Gasteiger partial charge in [-0.05, 0) is 17.2 Å². The number of carbonyl (C=O) groups excluding carboxylic acids is 1. The fourth-order valence-electron chi connectivity index (χ4n) is 4.08. The molecule has 4 aromatic rings. The summed E-state index contributed by atoms with van der Waals surface area (Å²) in [4.78, 5) is 13.0. The summed E-state index contributed by atoms with van der Waals surface area (Å²) in [7, 11) is 1.96. The topological polar surface area (TPSA) is 82.7 Å². The number of ketones is 1. The fourth-order valence-corrected chi connectivity index (χ4v) is 4.08. The first kappa shape index (κ1) is 18.4. The molecule has 1 aliphatic rings. The Hall–Kier alpha value is -4.61. The van der Waals surface area contributed by atoms with Gasteiger partial charge in [0.25, 0.3) is 0 Å². The summed E-state index contributed by atoms with van der Waals surface area (Å²) in [6.07, 6.45) is 1.62. The van der Waals surface area contributed by atoms with E-state index < -0.39 is 0 Å². The quantitative estimate of drug-likeness (QED) is 0.327. The average molecular weight is 401 g/mol. The van der Waals surface area contributed by atoms with Crippen LogP contribution in [0.2, 0.25) is 0 Å². The number of hydrogen-bond donors (Lipinski definition) is 0. The second kappa shape index (κ2) is 7.02. The molecule has 2 aromatic carbocycles. The lowest BCUT2D eigenvalue weighted by molar-refractivity contribution is 0.104. The van der Waals surface area contributed by atoms with Crippen LogP contribution in [0.4, 0.5) is 0 Å². The number of allylic oxidation sites excluding steroid dienone is 3. The van der Waals surface area contributed by atoms with Crippen molar-refractivity contribution >= 4 is 28.5 Å². The summed E-state index contributed by atoms with van der Waals surface area (Å²) in [6, 6.07) is 24.7. The number of furan rings is 1. The highest BCUT2D eigenvalue weighted by Crippen LogP contribution is 2.40. The Labute approximate surface area is 178 Å². The Morgan fingerprint density at radius 3 is 2.32 bits per heavy atom. The van der Waals surface area contributed by atoms with Crippen LogP contribution < -0.4 is 0 Å². The highest BCUT2D eigenvalue weighted by molar-refractivity contribution is 6.29. The first-order chi connectivity index (χ1) is 15.1. The summed E-state index contributed by atoms with van der Waals surface area (Å²) >= 11 is 0. The Balaban J connectivity index is 1.65. The second-order valence-corrected chi connectivity index (χ2v) is 7.26. The van der Waals surface area contributed by atoms with E-state index in [2.05, 4.69) is 0 Å². The predicted molar refractivity (Wildman–Crippen MR) is 118 cm³/mol. The van der Waals surface area contributed by atoms with Gasteiger partial charge in [-0.2, -0.15) is 10.5 Å². The molecule has 0 bridgehead atoms. The summed E-state index contributed by atoms with van der Waals surface area (Å²) in [6.45, 7) is 0. The van der Waals surface area contributed by atoms with Gasteiger partial charge in [0.15, 0.2) is 11.4 Å². The van der Waals surface area contributed by atoms with E-state index in [1.165, 1.54) is 0 Å². The molecule has 0 N–H and O–H groups in total. The van der Waals surface area contributed by atoms with Crippen molar-refractivity contribution in [3.8, 4) is 23.4 Å². The van der Waals surface area contributed by atoms with E-state index in [0.29, 0.717) is 33.6 Å². The number of nitriles is 2. The highest BCUT2D eigenvalue weighted by atomic mass is 16.3. The molecule has 0 amide bonds. The molecule has 2 aromatic heterocycles. The lowest BCUT2D eigenvalue weighted by Crippen LogP contribution is -1.95. The van der Waals surface area contributed by atoms with Crippen LogP contribution >= 0.6 is 0 Å². The molecule has 5 nitrogen and oxygen atoms in total. The van der Waals surface area contributed by atoms with Crippen molar-refractivity contribution in [3.63, 3.8) is 0 Å². The van der Waals surface area contributed by atoms with Gasteiger partial charge in [-0.3, -0.25) is 4.79 Å². The van der Waals surface area contributed by atoms with Crippen LogP contribution in [-0.4, -0.2) is 10.4 Å². The third-order valence-electron chi connectivity index (χ3n) is 5.53. The Morgan fingerprint density at radius 2 is 1.65 bits per heavy atom. The van der Waals surface area contributed by atoms with E-state index in [1.807, 2.05) is 66.2 Å². The fraction of sp³-hybridized carbons (Fsp3) is 0.0385. The van der Waals surface area contributed by atoms with Gasteiger partial charge in [0.05, 0.1) is 11.2 Å². The van der Waals surface area contributed by atoms with E-state index in [4.69, 9.17) is 4.42 Å². The number of rotatable bonds is 2. The van der Waals surface area contributed by atoms with Gasteiger partial charge in [-0.15, -0.1) is 0 Å². The minimum absolute atomic E-state index is 0.0907. The third kappa shape index (κ3) is 2.80. The highest BCUT2D eigenvalue weighted by Gasteiger charge is 2.32. The maximum absolute atomic E-state index is 13.0. The molecule has 0 fully saturated rings. The molecular weight excluding hydrogens is 386 g/mol. The van der Waals surface area contributed by atoms with Gasteiger partial charge in [-0.1, -0.05) is 54.6 Å². The molecule has 5 rings (SSSR count). The molecule has 146 valence electrons. The third-order valence-corrected chi connectivity index (χ3v) is 5.53. The smallest absolute Gasteiger partial charge is 0.194 e. The van der Waals surface area contributed by atoms with Crippen molar-refractivity contribution in [1.29, 1.82) is 10.5 Å². The number of Topliss-reactive ketones (excluding diaryl/α,β-unsaturated/α-hetero) is 1. The number of hydrogen-bond acceptors (Lipinski definition) is 4. The van der Waals surface area contributed by atoms with Crippen molar-refractivity contribution in [1.82, 2.24) is 4.57 Å². The number of aromatic nitrogens is 1. The van der Waals surface area contributed by atoms with E-state index in [1.54, 1.807) is 30.3 Å². The predicted octanol–water partition coefficient (Wildman–Crippen LogP) is 5.52. The van der Waals surface area contributed by atoms with Gasteiger partial charge in [0, 0.05) is 35.9 Å². The van der Waals surface area contributed by atoms with Gasteiger partial charge in [0.2, 0.25) is 0 Å². The molecule has 5 heteroatoms. The summed E-state index contributed by atoms with van der Waals surface area (Å²) in [5.74, 6) is 0.267. The average Bonchev–Trinajstić information content (AvgIpc) is 3.43. The molecule has 0 saturated heterocycles. The molecule has 0 saturated carbocycles. The lowest BCUT2D eigenvalue weighted by atomic mass is 9.99. The lowest BCUT2D eigenvalue weighted by Gasteiger charge is -2.03. The van der Waals surface area contributed by atoms with Crippen LogP contribution in [0.3, 0.4) is 0 Å². The maximum Gasteiger partial charge on any atom is 0.194 e. The maximum atomic E-state index is 13.0. The zero-order valence-electron chi connectivity index (χ0n) is 16.6. The Bertz CT molecular complexity index is 1500. The first-order valence-electron chi connectivity index (χ1n) is 9.67. The molecule has 1 aliphatic carbocycles. The summed E-state index contributed by atoms with van der Waals surface area (Å²) < 4.78 is 8.05. The van der Waals surface area contributed by atoms with Crippen molar-refractivity contribution in [3.05, 3.63) is 94.8 Å². The van der Waals surface area contributed by atoms with E-state index >= 15 is 0 Å². The monoisotopic (exact) mass is 401 g/mol. The van der Waals surface area contributed by atoms with E-state index in [-0.39, 0.29) is 11.4 Å². The standard InChI is InChI=1S/C26H15N3O2/c1-29-22(16-7-3-2-4-8-16)13-24-23(29)12-18(31-24)11-21-25(17(14-27)15-28)19-9-5-6-10-20(19)26(21)30/h2-13H,1H3/b21-11-. The van der Waals surface area contributed by atoms with Gasteiger partial charge < -0.3 is 8.98 Å². The molecule has 0 spiro atoms. The second-order valence-electron chi connectivity index (χ2n) is 7.26. The number of benzene rings is 2. The van der Waals surface area contributed by atoms with Crippen LogP contribution in [0.25, 0.3) is 34.0 Å². The molecule has 2 heterocycles. The minimum atomic E-state index is -0.223. The largest absolute Gasteiger partial charge is 0.455 e. The van der Waals surface area contributed by atoms with Crippen molar-refractivity contribution in [2.45, 2.75) is 0 Å². The van der Waals surface area contributed by atoms with Crippen LogP contribution in [0.15, 0.2) is 82.3 Å². The van der Waals surface area contributed by atoms with Crippen LogP contribution in [-0.2, 0) is 7.05 Å². The van der Waals surface area contributed by atoms with Crippen molar-refractivity contribution in [2.75, 3.05) is 0 Å². The van der Waals surface area contributed by atoms with Crippen LogP contribution in [0, 0.1) is 22.7 Å². The molecule has 0 radical (unpaired) electrons. The normalized spacial score (nSPS) is 14.0. The molecule has 0 atom stereocenters. The number of aryl methyl sites for hydroxylation is 1. The van der Waals surface area contributed by atoms with Crippen LogP contribution in [0.1, 0.15) is 21.7 Å². The Morgan fingerprint density at radius 1 is 0.968 bits per heavy atom. The summed E-state index contributed by atoms with van der Waals surface area (Å²) in [5, 5.41) is 18.9. The van der Waals surface area contributed by atoms with Gasteiger partial charge in [0.1, 0.15) is 23.5 Å². The van der Waals surface area contributed by atoms with Crippen LogP contribution in [0.5, 0.6) is 0 Å². The van der Waals surface area contributed by atoms with Gasteiger partial charge in [-0.25, -0.2) is 0 Å². The zero-order chi connectivity index (χ0) is 21.5. The number of fused-ring (bicyclic) bond motifs is 2. The molecular formula is C26H15N3O2. The van der Waals surface area contributed by atoms with E-state index in [0.717, 1.165) is 16.8 Å². The molecule has 0 aliphatic heterocycles. The van der Waals surface area contributed by atoms with E-state index in [9.17, 15) is 15.3 Å². The zero-order valence-corrected chi connectivity index (χ0v) is 16.6. The van der Waals surface area contributed by atoms with Crippen molar-refractivity contribution < 1.29 is 9.21 Å². The molecule has 31 heavy (non-hydrogen) atoms. The summed E-state index contributed by atoms with van der Waals surface area (Å²) in [5.41, 5.74) is 5.33. The SMILES string of the molecule is Cn1c(-c2ccccc2)cc2oc(/C=C3\C(=O)c4ccccc4C3=C(C#N)C#N)cc21. The Kier molecular flexibility index (Phi) is 4.17. The van der Waals surface area contributed by atoms with Gasteiger partial charge >= 0.3 is 0 Å². The number of carbonyl (C=O) groups is 1. The molecule has 0 unspecified atom stereocenters. The van der Waals surface area contributed by atoms with Crippen molar-refractivity contribution in [2.24, 2.45) is 7.05 Å².